The van der Waals surface area contributed by atoms with Crippen LogP contribution in [0.1, 0.15) is 20.3 Å². The van der Waals surface area contributed by atoms with E-state index in [4.69, 9.17) is 4.74 Å². The number of benzene rings is 1. The first kappa shape index (κ1) is 12.5. The van der Waals surface area contributed by atoms with Crippen molar-refractivity contribution in [2.45, 2.75) is 26.3 Å². The molecule has 0 aromatic heterocycles. The van der Waals surface area contributed by atoms with E-state index in [0.29, 0.717) is 13.0 Å². The molecule has 1 N–H and O–H groups in total. The second-order valence-corrected chi connectivity index (χ2v) is 3.56. The van der Waals surface area contributed by atoms with Crippen LogP contribution in [0.4, 0.5) is 10.1 Å². The SMILES string of the molecule is CCOC(=O)CC(C)Nc1ccc(F)cc1. The molecule has 0 aliphatic carbocycles. The third-order valence-corrected chi connectivity index (χ3v) is 2.04. The van der Waals surface area contributed by atoms with Crippen LogP contribution in [0.5, 0.6) is 0 Å². The Balaban J connectivity index is 2.42. The molecule has 1 aromatic rings. The third kappa shape index (κ3) is 4.29. The Morgan fingerprint density at radius 1 is 1.44 bits per heavy atom. The number of carbonyl (C=O) groups is 1. The van der Waals surface area contributed by atoms with Crippen molar-refractivity contribution in [3.8, 4) is 0 Å². The van der Waals surface area contributed by atoms with Gasteiger partial charge >= 0.3 is 5.97 Å². The molecule has 0 radical (unpaired) electrons. The van der Waals surface area contributed by atoms with Crippen LogP contribution >= 0.6 is 0 Å². The van der Waals surface area contributed by atoms with E-state index in [-0.39, 0.29) is 17.8 Å². The van der Waals surface area contributed by atoms with Gasteiger partial charge in [-0.25, -0.2) is 4.39 Å². The van der Waals surface area contributed by atoms with Gasteiger partial charge in [-0.05, 0) is 38.1 Å². The van der Waals surface area contributed by atoms with E-state index >= 15 is 0 Å². The molecule has 1 unspecified atom stereocenters. The average Bonchev–Trinajstić information content (AvgIpc) is 2.21. The molecule has 0 spiro atoms. The minimum atomic E-state index is -0.274. The van der Waals surface area contributed by atoms with Crippen LogP contribution < -0.4 is 5.32 Å². The van der Waals surface area contributed by atoms with Gasteiger partial charge in [0.15, 0.2) is 0 Å². The minimum Gasteiger partial charge on any atom is -0.466 e. The van der Waals surface area contributed by atoms with E-state index < -0.39 is 0 Å². The molecule has 0 bridgehead atoms. The summed E-state index contributed by atoms with van der Waals surface area (Å²) in [7, 11) is 0. The summed E-state index contributed by atoms with van der Waals surface area (Å²) >= 11 is 0. The molecular formula is C12H16FNO2. The van der Waals surface area contributed by atoms with Crippen molar-refractivity contribution < 1.29 is 13.9 Å². The molecule has 1 atom stereocenters. The number of anilines is 1. The van der Waals surface area contributed by atoms with Crippen LogP contribution in [0.3, 0.4) is 0 Å². The lowest BCUT2D eigenvalue weighted by molar-refractivity contribution is -0.143. The lowest BCUT2D eigenvalue weighted by Gasteiger charge is -2.14. The molecular weight excluding hydrogens is 209 g/mol. The van der Waals surface area contributed by atoms with Crippen molar-refractivity contribution in [2.75, 3.05) is 11.9 Å². The van der Waals surface area contributed by atoms with Crippen molar-refractivity contribution in [1.29, 1.82) is 0 Å². The summed E-state index contributed by atoms with van der Waals surface area (Å²) in [5.74, 6) is -0.506. The lowest BCUT2D eigenvalue weighted by atomic mass is 10.2. The zero-order valence-corrected chi connectivity index (χ0v) is 9.50. The molecule has 0 aliphatic heterocycles. The Morgan fingerprint density at radius 2 is 2.06 bits per heavy atom. The molecule has 16 heavy (non-hydrogen) atoms. The van der Waals surface area contributed by atoms with Crippen LogP contribution in [0.25, 0.3) is 0 Å². The quantitative estimate of drug-likeness (QED) is 0.783. The van der Waals surface area contributed by atoms with Gasteiger partial charge in [0.05, 0.1) is 13.0 Å². The average molecular weight is 225 g/mol. The second kappa shape index (κ2) is 6.10. The number of hydrogen-bond acceptors (Lipinski definition) is 3. The highest BCUT2D eigenvalue weighted by atomic mass is 19.1. The maximum absolute atomic E-state index is 12.6. The molecule has 0 saturated carbocycles. The van der Waals surface area contributed by atoms with E-state index in [1.165, 1.54) is 12.1 Å². The molecule has 0 saturated heterocycles. The number of rotatable bonds is 5. The maximum Gasteiger partial charge on any atom is 0.307 e. The lowest BCUT2D eigenvalue weighted by Crippen LogP contribution is -2.20. The summed E-state index contributed by atoms with van der Waals surface area (Å²) < 4.78 is 17.5. The van der Waals surface area contributed by atoms with E-state index in [9.17, 15) is 9.18 Å². The van der Waals surface area contributed by atoms with Crippen molar-refractivity contribution in [1.82, 2.24) is 0 Å². The molecule has 0 aliphatic rings. The van der Waals surface area contributed by atoms with Gasteiger partial charge in [0.25, 0.3) is 0 Å². The smallest absolute Gasteiger partial charge is 0.307 e. The van der Waals surface area contributed by atoms with Gasteiger partial charge in [-0.15, -0.1) is 0 Å². The summed E-state index contributed by atoms with van der Waals surface area (Å²) in [5, 5.41) is 3.09. The zero-order valence-electron chi connectivity index (χ0n) is 9.50. The fraction of sp³-hybridized carbons (Fsp3) is 0.417. The van der Waals surface area contributed by atoms with Crippen LogP contribution in [0, 0.1) is 5.82 Å². The van der Waals surface area contributed by atoms with Gasteiger partial charge in [0.2, 0.25) is 0 Å². The first-order valence-electron chi connectivity index (χ1n) is 5.29. The van der Waals surface area contributed by atoms with Crippen molar-refractivity contribution >= 4 is 11.7 Å². The highest BCUT2D eigenvalue weighted by Crippen LogP contribution is 2.11. The predicted molar refractivity (Wildman–Crippen MR) is 60.7 cm³/mol. The Kier molecular flexibility index (Phi) is 4.76. The molecule has 3 nitrogen and oxygen atoms in total. The number of hydrogen-bond donors (Lipinski definition) is 1. The Hall–Kier alpha value is -1.58. The van der Waals surface area contributed by atoms with Gasteiger partial charge < -0.3 is 10.1 Å². The standard InChI is InChI=1S/C12H16FNO2/c1-3-16-12(15)8-9(2)14-11-6-4-10(13)5-7-11/h4-7,9,14H,3,8H2,1-2H3. The van der Waals surface area contributed by atoms with Crippen LogP contribution in [-0.2, 0) is 9.53 Å². The summed E-state index contributed by atoms with van der Waals surface area (Å²) in [6.07, 6.45) is 0.297. The normalized spacial score (nSPS) is 11.9. The zero-order chi connectivity index (χ0) is 12.0. The number of nitrogens with one attached hydrogen (secondary N) is 1. The highest BCUT2D eigenvalue weighted by molar-refractivity contribution is 5.70. The van der Waals surface area contributed by atoms with E-state index in [0.717, 1.165) is 5.69 Å². The van der Waals surface area contributed by atoms with E-state index in [2.05, 4.69) is 5.32 Å². The summed E-state index contributed by atoms with van der Waals surface area (Å²) in [5.41, 5.74) is 0.790. The van der Waals surface area contributed by atoms with Crippen molar-refractivity contribution in [3.05, 3.63) is 30.1 Å². The van der Waals surface area contributed by atoms with Crippen LogP contribution in [0.2, 0.25) is 0 Å². The van der Waals surface area contributed by atoms with E-state index in [1.54, 1.807) is 19.1 Å². The number of esters is 1. The topological polar surface area (TPSA) is 38.3 Å². The monoisotopic (exact) mass is 225 g/mol. The van der Waals surface area contributed by atoms with Gasteiger partial charge in [0.1, 0.15) is 5.82 Å². The van der Waals surface area contributed by atoms with Crippen LogP contribution in [0.15, 0.2) is 24.3 Å². The van der Waals surface area contributed by atoms with Crippen molar-refractivity contribution in [2.24, 2.45) is 0 Å². The molecule has 0 fully saturated rings. The number of carbonyl (C=O) groups excluding carboxylic acids is 1. The largest absolute Gasteiger partial charge is 0.466 e. The fourth-order valence-corrected chi connectivity index (χ4v) is 1.35. The van der Waals surface area contributed by atoms with Gasteiger partial charge in [-0.2, -0.15) is 0 Å². The number of halogens is 1. The maximum atomic E-state index is 12.6. The Morgan fingerprint density at radius 3 is 2.62 bits per heavy atom. The summed E-state index contributed by atoms with van der Waals surface area (Å²) in [6, 6.07) is 5.98. The highest BCUT2D eigenvalue weighted by Gasteiger charge is 2.09. The first-order valence-corrected chi connectivity index (χ1v) is 5.29. The van der Waals surface area contributed by atoms with Crippen molar-refractivity contribution in [3.63, 3.8) is 0 Å². The Labute approximate surface area is 94.6 Å². The van der Waals surface area contributed by atoms with Gasteiger partial charge in [-0.1, -0.05) is 0 Å². The molecule has 0 heterocycles. The molecule has 0 amide bonds. The molecule has 1 rings (SSSR count). The fourth-order valence-electron chi connectivity index (χ4n) is 1.35. The molecule has 1 aromatic carbocycles. The number of ether oxygens (including phenoxy) is 1. The van der Waals surface area contributed by atoms with Gasteiger partial charge in [-0.3, -0.25) is 4.79 Å². The van der Waals surface area contributed by atoms with Gasteiger partial charge in [0, 0.05) is 11.7 Å². The van der Waals surface area contributed by atoms with E-state index in [1.807, 2.05) is 6.92 Å². The summed E-state index contributed by atoms with van der Waals surface area (Å²) in [4.78, 5) is 11.2. The molecule has 4 heteroatoms. The molecule has 88 valence electrons. The third-order valence-electron chi connectivity index (χ3n) is 2.04. The minimum absolute atomic E-state index is 0.0375. The Bertz CT molecular complexity index is 337. The predicted octanol–water partition coefficient (Wildman–Crippen LogP) is 2.58. The second-order valence-electron chi connectivity index (χ2n) is 3.56. The summed E-state index contributed by atoms with van der Waals surface area (Å²) in [6.45, 7) is 4.04. The van der Waals surface area contributed by atoms with Crippen LogP contribution in [-0.4, -0.2) is 18.6 Å². The first-order chi connectivity index (χ1) is 7.61.